The molecule has 3 aromatic carbocycles. The number of rotatable bonds is 6. The molecule has 0 radical (unpaired) electrons. The van der Waals surface area contributed by atoms with E-state index >= 15 is 0 Å². The summed E-state index contributed by atoms with van der Waals surface area (Å²) in [6.07, 6.45) is 6.74. The van der Waals surface area contributed by atoms with Crippen molar-refractivity contribution in [2.45, 2.75) is 57.6 Å². The number of carbonyl (C=O) groups is 1. The number of fused-ring (bicyclic) bond motifs is 1. The Morgan fingerprint density at radius 3 is 2.50 bits per heavy atom. The number of nitrogens with zero attached hydrogens (tertiary/aromatic N) is 2. The molecule has 1 N–H and O–H groups in total. The van der Waals surface area contributed by atoms with Gasteiger partial charge < -0.3 is 14.8 Å². The summed E-state index contributed by atoms with van der Waals surface area (Å²) in [6.45, 7) is 5.09. The summed E-state index contributed by atoms with van der Waals surface area (Å²) in [6, 6.07) is 24.6. The van der Waals surface area contributed by atoms with Gasteiger partial charge in [-0.15, -0.1) is 0 Å². The maximum atomic E-state index is 14.1. The van der Waals surface area contributed by atoms with Crippen molar-refractivity contribution in [3.63, 3.8) is 0 Å². The molecule has 4 aromatic rings. The van der Waals surface area contributed by atoms with Crippen molar-refractivity contribution in [2.75, 3.05) is 5.32 Å². The predicted molar refractivity (Wildman–Crippen MR) is 170 cm³/mol. The van der Waals surface area contributed by atoms with Crippen molar-refractivity contribution in [3.05, 3.63) is 105 Å². The third kappa shape index (κ3) is 5.27. The molecule has 1 amide bonds. The van der Waals surface area contributed by atoms with Gasteiger partial charge in [-0.3, -0.25) is 4.79 Å². The van der Waals surface area contributed by atoms with Crippen LogP contribution >= 0.6 is 35.0 Å². The van der Waals surface area contributed by atoms with E-state index in [0.717, 1.165) is 51.2 Å². The standard InChI is InChI=1S/C33H33Cl2N3OS/c1-21-10-6-8-14-29(21)38-32(39)31(40-33(38)36-24-11-4-3-5-12-24)19-26-22(2)37(30-15-9-7-13-25(26)30)20-23-16-17-27(34)28(35)18-23/h3-5,7,9,11-13,15-19,21,29,33,36H,6,8,10,14,20H2,1-2H3/b31-19-/t21-,29-,33?/m1/s1. The summed E-state index contributed by atoms with van der Waals surface area (Å²) < 4.78 is 2.30. The first-order valence-corrected chi connectivity index (χ1v) is 15.6. The fourth-order valence-electron chi connectivity index (χ4n) is 6.16. The lowest BCUT2D eigenvalue weighted by Gasteiger charge is -2.39. The van der Waals surface area contributed by atoms with Gasteiger partial charge in [0.15, 0.2) is 5.50 Å². The van der Waals surface area contributed by atoms with E-state index in [-0.39, 0.29) is 17.4 Å². The fourth-order valence-corrected chi connectivity index (χ4v) is 7.68. The highest BCUT2D eigenvalue weighted by molar-refractivity contribution is 8.05. The summed E-state index contributed by atoms with van der Waals surface area (Å²) >= 11 is 14.1. The summed E-state index contributed by atoms with van der Waals surface area (Å²) in [4.78, 5) is 17.0. The molecule has 2 heterocycles. The predicted octanol–water partition coefficient (Wildman–Crippen LogP) is 9.20. The Morgan fingerprint density at radius 2 is 1.73 bits per heavy atom. The SMILES string of the molecule is Cc1c(/C=C2\SC(Nc3ccccc3)N([C@@H]3CCCC[C@H]3C)C2=O)c2ccccc2n1Cc1ccc(Cl)c(Cl)c1. The fraction of sp³-hybridized carbons (Fsp3) is 0.303. The van der Waals surface area contributed by atoms with Crippen LogP contribution in [0.4, 0.5) is 5.69 Å². The molecule has 206 valence electrons. The van der Waals surface area contributed by atoms with Crippen molar-refractivity contribution in [1.29, 1.82) is 0 Å². The van der Waals surface area contributed by atoms with E-state index in [9.17, 15) is 4.79 Å². The molecular formula is C33H33Cl2N3OS. The number of aromatic nitrogens is 1. The van der Waals surface area contributed by atoms with Crippen LogP contribution in [0, 0.1) is 12.8 Å². The quantitative estimate of drug-likeness (QED) is 0.228. The molecule has 1 saturated carbocycles. The maximum absolute atomic E-state index is 14.1. The molecule has 0 spiro atoms. The van der Waals surface area contributed by atoms with Gasteiger partial charge in [-0.2, -0.15) is 0 Å². The van der Waals surface area contributed by atoms with Crippen molar-refractivity contribution < 1.29 is 4.79 Å². The summed E-state index contributed by atoms with van der Waals surface area (Å²) in [5, 5.41) is 5.90. The lowest BCUT2D eigenvalue weighted by atomic mass is 9.85. The Bertz CT molecular complexity index is 1580. The Balaban J connectivity index is 1.39. The van der Waals surface area contributed by atoms with Crippen LogP contribution in [0.2, 0.25) is 10.0 Å². The topological polar surface area (TPSA) is 37.3 Å². The van der Waals surface area contributed by atoms with Gasteiger partial charge in [0.2, 0.25) is 0 Å². The van der Waals surface area contributed by atoms with E-state index in [1.54, 1.807) is 11.8 Å². The van der Waals surface area contributed by atoms with Crippen LogP contribution in [0.3, 0.4) is 0 Å². The maximum Gasteiger partial charge on any atom is 0.262 e. The van der Waals surface area contributed by atoms with Gasteiger partial charge in [-0.25, -0.2) is 0 Å². The highest BCUT2D eigenvalue weighted by Crippen LogP contribution is 2.43. The molecule has 4 nitrogen and oxygen atoms in total. The van der Waals surface area contributed by atoms with E-state index in [4.69, 9.17) is 23.2 Å². The highest BCUT2D eigenvalue weighted by Gasteiger charge is 2.43. The molecule has 6 rings (SSSR count). The number of halogens is 2. The Kier molecular flexibility index (Phi) is 7.89. The lowest BCUT2D eigenvalue weighted by molar-refractivity contribution is -0.129. The van der Waals surface area contributed by atoms with E-state index in [1.807, 2.05) is 36.4 Å². The van der Waals surface area contributed by atoms with Crippen molar-refractivity contribution in [2.24, 2.45) is 5.92 Å². The van der Waals surface area contributed by atoms with Gasteiger partial charge in [0, 0.05) is 40.4 Å². The second kappa shape index (κ2) is 11.6. The minimum Gasteiger partial charge on any atom is -0.356 e. The van der Waals surface area contributed by atoms with Gasteiger partial charge in [0.25, 0.3) is 5.91 Å². The van der Waals surface area contributed by atoms with Gasteiger partial charge in [-0.05, 0) is 67.7 Å². The van der Waals surface area contributed by atoms with Crippen LogP contribution in [-0.4, -0.2) is 26.9 Å². The summed E-state index contributed by atoms with van der Waals surface area (Å²) in [5.74, 6) is 0.602. The van der Waals surface area contributed by atoms with Crippen LogP contribution in [0.25, 0.3) is 17.0 Å². The number of hydrogen-bond donors (Lipinski definition) is 1. The monoisotopic (exact) mass is 589 g/mol. The van der Waals surface area contributed by atoms with Crippen LogP contribution < -0.4 is 5.32 Å². The smallest absolute Gasteiger partial charge is 0.262 e. The number of hydrogen-bond acceptors (Lipinski definition) is 3. The number of carbonyl (C=O) groups excluding carboxylic acids is 1. The average Bonchev–Trinajstić information content (AvgIpc) is 3.40. The highest BCUT2D eigenvalue weighted by atomic mass is 35.5. The van der Waals surface area contributed by atoms with E-state index in [0.29, 0.717) is 22.5 Å². The minimum absolute atomic E-state index is 0.123. The first kappa shape index (κ1) is 27.3. The largest absolute Gasteiger partial charge is 0.356 e. The molecule has 1 aromatic heterocycles. The molecule has 40 heavy (non-hydrogen) atoms. The first-order valence-electron chi connectivity index (χ1n) is 13.9. The number of thioether (sulfide) groups is 1. The Labute approximate surface area is 250 Å². The van der Waals surface area contributed by atoms with Crippen LogP contribution in [0.5, 0.6) is 0 Å². The normalized spacial score (nSPS) is 22.4. The number of nitrogens with one attached hydrogen (secondary N) is 1. The molecule has 1 aliphatic carbocycles. The van der Waals surface area contributed by atoms with Crippen LogP contribution in [0.15, 0.2) is 77.7 Å². The molecule has 2 aliphatic rings. The number of anilines is 1. The van der Waals surface area contributed by atoms with Crippen LogP contribution in [-0.2, 0) is 11.3 Å². The first-order chi connectivity index (χ1) is 19.4. The van der Waals surface area contributed by atoms with Gasteiger partial charge in [0.05, 0.1) is 15.0 Å². The van der Waals surface area contributed by atoms with E-state index < -0.39 is 0 Å². The van der Waals surface area contributed by atoms with Gasteiger partial charge in [0.1, 0.15) is 0 Å². The number of para-hydroxylation sites is 2. The zero-order valence-electron chi connectivity index (χ0n) is 22.7. The number of amides is 1. The molecule has 1 unspecified atom stereocenters. The Morgan fingerprint density at radius 1 is 0.975 bits per heavy atom. The third-order valence-electron chi connectivity index (χ3n) is 8.30. The minimum atomic E-state index is -0.142. The molecule has 7 heteroatoms. The third-order valence-corrected chi connectivity index (χ3v) is 10.2. The van der Waals surface area contributed by atoms with Gasteiger partial charge in [-0.1, -0.05) is 97.2 Å². The Hall–Kier alpha value is -2.86. The molecule has 0 bridgehead atoms. The molecule has 1 saturated heterocycles. The molecule has 2 fully saturated rings. The van der Waals surface area contributed by atoms with E-state index in [2.05, 4.69) is 71.1 Å². The summed E-state index contributed by atoms with van der Waals surface area (Å²) in [5.41, 5.74) is 5.29. The van der Waals surface area contributed by atoms with Crippen molar-refractivity contribution in [1.82, 2.24) is 9.47 Å². The molecule has 1 aliphatic heterocycles. The second-order valence-corrected chi connectivity index (χ2v) is 12.8. The zero-order chi connectivity index (χ0) is 27.8. The van der Waals surface area contributed by atoms with Crippen LogP contribution in [0.1, 0.15) is 49.4 Å². The van der Waals surface area contributed by atoms with Crippen molar-refractivity contribution in [3.8, 4) is 0 Å². The lowest BCUT2D eigenvalue weighted by Crippen LogP contribution is -2.48. The van der Waals surface area contributed by atoms with E-state index in [1.165, 1.54) is 12.8 Å². The van der Waals surface area contributed by atoms with Crippen molar-refractivity contribution >= 4 is 63.5 Å². The average molecular weight is 591 g/mol. The second-order valence-electron chi connectivity index (χ2n) is 10.9. The number of benzene rings is 3. The zero-order valence-corrected chi connectivity index (χ0v) is 25.1. The molecular weight excluding hydrogens is 557 g/mol. The molecule has 3 atom stereocenters. The van der Waals surface area contributed by atoms with Gasteiger partial charge >= 0.3 is 0 Å². The summed E-state index contributed by atoms with van der Waals surface area (Å²) in [7, 11) is 0.